The molecular weight excluding hydrogens is 467 g/mol. The van der Waals surface area contributed by atoms with Crippen molar-refractivity contribution in [3.63, 3.8) is 0 Å². The zero-order chi connectivity index (χ0) is 22.0. The minimum atomic E-state index is -1.14. The van der Waals surface area contributed by atoms with Crippen LogP contribution in [0.1, 0.15) is 5.56 Å². The second-order valence-electron chi connectivity index (χ2n) is 6.84. The van der Waals surface area contributed by atoms with Crippen molar-refractivity contribution < 1.29 is 28.2 Å². The third-order valence-corrected chi connectivity index (χ3v) is 5.62. The summed E-state index contributed by atoms with van der Waals surface area (Å²) in [7, 11) is 1.54. The number of hydrogen-bond donors (Lipinski definition) is 1. The molecule has 4 rings (SSSR count). The van der Waals surface area contributed by atoms with Crippen molar-refractivity contribution in [3.8, 4) is 22.8 Å². The summed E-state index contributed by atoms with van der Waals surface area (Å²) in [5.74, 6) is 0.0204. The minimum Gasteiger partial charge on any atom is -0.496 e. The van der Waals surface area contributed by atoms with Crippen LogP contribution >= 0.6 is 15.9 Å². The molecule has 0 spiro atoms. The van der Waals surface area contributed by atoms with E-state index in [0.29, 0.717) is 38.3 Å². The van der Waals surface area contributed by atoms with E-state index in [-0.39, 0.29) is 12.2 Å². The van der Waals surface area contributed by atoms with Crippen LogP contribution < -0.4 is 9.47 Å². The molecule has 0 saturated carbocycles. The average molecular weight is 485 g/mol. The summed E-state index contributed by atoms with van der Waals surface area (Å²) in [6, 6.07) is 18.3. The maximum atomic E-state index is 13.3. The molecule has 0 radical (unpaired) electrons. The van der Waals surface area contributed by atoms with E-state index in [9.17, 15) is 14.3 Å². The Morgan fingerprint density at radius 1 is 1.06 bits per heavy atom. The summed E-state index contributed by atoms with van der Waals surface area (Å²) < 4.78 is 31.1. The van der Waals surface area contributed by atoms with Gasteiger partial charge in [0.05, 0.1) is 17.0 Å². The van der Waals surface area contributed by atoms with Gasteiger partial charge in [-0.15, -0.1) is 0 Å². The zero-order valence-electron chi connectivity index (χ0n) is 16.5. The lowest BCUT2D eigenvalue weighted by atomic mass is 10.1. The van der Waals surface area contributed by atoms with Crippen LogP contribution in [0, 0.1) is 5.82 Å². The van der Waals surface area contributed by atoms with Crippen molar-refractivity contribution in [1.82, 2.24) is 0 Å². The molecule has 0 aliphatic heterocycles. The van der Waals surface area contributed by atoms with Gasteiger partial charge >= 0.3 is 5.97 Å². The highest BCUT2D eigenvalue weighted by Gasteiger charge is 2.25. The molecule has 0 bridgehead atoms. The second-order valence-corrected chi connectivity index (χ2v) is 7.64. The first kappa shape index (κ1) is 20.9. The van der Waals surface area contributed by atoms with Crippen LogP contribution in [0.3, 0.4) is 0 Å². The van der Waals surface area contributed by atoms with E-state index < -0.39 is 12.1 Å². The summed E-state index contributed by atoms with van der Waals surface area (Å²) >= 11 is 3.54. The van der Waals surface area contributed by atoms with Gasteiger partial charge in [0, 0.05) is 12.0 Å². The lowest BCUT2D eigenvalue weighted by molar-refractivity contribution is -0.144. The molecule has 5 nitrogen and oxygen atoms in total. The normalized spacial score (nSPS) is 12.0. The number of furan rings is 1. The minimum absolute atomic E-state index is 0.121. The summed E-state index contributed by atoms with van der Waals surface area (Å²) in [5, 5.41) is 10.4. The maximum Gasteiger partial charge on any atom is 0.345 e. The summed E-state index contributed by atoms with van der Waals surface area (Å²) in [5.41, 5.74) is 1.92. The Morgan fingerprint density at radius 3 is 2.48 bits per heavy atom. The summed E-state index contributed by atoms with van der Waals surface area (Å²) in [4.78, 5) is 12.0. The number of halogens is 2. The first-order chi connectivity index (χ1) is 15.0. The zero-order valence-corrected chi connectivity index (χ0v) is 18.1. The number of benzene rings is 3. The van der Waals surface area contributed by atoms with E-state index in [1.165, 1.54) is 19.2 Å². The number of carboxylic acid groups (broad SMARTS) is 1. The molecular formula is C24H18BrFO5. The third kappa shape index (κ3) is 4.27. The number of methoxy groups -OCH3 is 1. The molecule has 4 aromatic rings. The predicted octanol–water partition coefficient (Wildman–Crippen LogP) is 6.08. The topological polar surface area (TPSA) is 68.9 Å². The monoisotopic (exact) mass is 484 g/mol. The number of fused-ring (bicyclic) bond motifs is 1. The van der Waals surface area contributed by atoms with E-state index in [1.54, 1.807) is 42.5 Å². The molecule has 0 aliphatic carbocycles. The van der Waals surface area contributed by atoms with Crippen LogP contribution in [0.25, 0.3) is 22.3 Å². The Labute approximate surface area is 186 Å². The standard InChI is InChI=1S/C24H18BrFO5/c1-29-17-6-3-2-5-15(17)13-20(24(27)28)30-18-7-4-8-19-21(18)22(25)23(31-19)14-9-11-16(26)12-10-14/h2-12,20H,13H2,1H3,(H,27,28)/t20-/m1/s1. The molecule has 1 heterocycles. The van der Waals surface area contributed by atoms with Crippen LogP contribution in [0.4, 0.5) is 4.39 Å². The Bertz CT molecular complexity index is 1230. The largest absolute Gasteiger partial charge is 0.496 e. The van der Waals surface area contributed by atoms with Gasteiger partial charge in [0.2, 0.25) is 0 Å². The number of ether oxygens (including phenoxy) is 2. The van der Waals surface area contributed by atoms with Crippen LogP contribution in [-0.4, -0.2) is 24.3 Å². The van der Waals surface area contributed by atoms with Crippen molar-refractivity contribution in [2.24, 2.45) is 0 Å². The Hall–Kier alpha value is -3.32. The average Bonchev–Trinajstić information content (AvgIpc) is 3.11. The second kappa shape index (κ2) is 8.81. The van der Waals surface area contributed by atoms with Gasteiger partial charge < -0.3 is 19.0 Å². The lowest BCUT2D eigenvalue weighted by Crippen LogP contribution is -2.29. The molecule has 158 valence electrons. The molecule has 3 aromatic carbocycles. The first-order valence-electron chi connectivity index (χ1n) is 9.46. The Balaban J connectivity index is 1.71. The first-order valence-corrected chi connectivity index (χ1v) is 10.3. The van der Waals surface area contributed by atoms with E-state index in [0.717, 1.165) is 5.56 Å². The van der Waals surface area contributed by atoms with Gasteiger partial charge in [-0.05, 0) is 64.0 Å². The van der Waals surface area contributed by atoms with Crippen LogP contribution in [0.2, 0.25) is 0 Å². The van der Waals surface area contributed by atoms with Crippen LogP contribution in [0.5, 0.6) is 11.5 Å². The van der Waals surface area contributed by atoms with Crippen LogP contribution in [-0.2, 0) is 11.2 Å². The number of para-hydroxylation sites is 1. The Morgan fingerprint density at radius 2 is 1.77 bits per heavy atom. The van der Waals surface area contributed by atoms with Crippen molar-refractivity contribution >= 4 is 32.9 Å². The van der Waals surface area contributed by atoms with E-state index in [2.05, 4.69) is 15.9 Å². The number of carbonyl (C=O) groups is 1. The highest BCUT2D eigenvalue weighted by Crippen LogP contribution is 2.42. The smallest absolute Gasteiger partial charge is 0.345 e. The van der Waals surface area contributed by atoms with Gasteiger partial charge in [0.15, 0.2) is 6.10 Å². The molecule has 1 N–H and O–H groups in total. The fourth-order valence-corrected chi connectivity index (χ4v) is 4.07. The van der Waals surface area contributed by atoms with Gasteiger partial charge in [-0.25, -0.2) is 9.18 Å². The molecule has 31 heavy (non-hydrogen) atoms. The summed E-state index contributed by atoms with van der Waals surface area (Å²) in [6.45, 7) is 0. The van der Waals surface area contributed by atoms with Crippen LogP contribution in [0.15, 0.2) is 75.6 Å². The third-order valence-electron chi connectivity index (χ3n) is 4.87. The molecule has 0 saturated heterocycles. The quantitative estimate of drug-likeness (QED) is 0.344. The molecule has 0 fully saturated rings. The highest BCUT2D eigenvalue weighted by atomic mass is 79.9. The highest BCUT2D eigenvalue weighted by molar-refractivity contribution is 9.10. The molecule has 0 amide bonds. The van der Waals surface area contributed by atoms with Crippen molar-refractivity contribution in [2.45, 2.75) is 12.5 Å². The van der Waals surface area contributed by atoms with Gasteiger partial charge in [-0.3, -0.25) is 0 Å². The molecule has 7 heteroatoms. The molecule has 1 aromatic heterocycles. The number of carboxylic acids is 1. The molecule has 1 atom stereocenters. The Kier molecular flexibility index (Phi) is 5.95. The van der Waals surface area contributed by atoms with Gasteiger partial charge in [0.25, 0.3) is 0 Å². The van der Waals surface area contributed by atoms with Crippen molar-refractivity contribution in [2.75, 3.05) is 7.11 Å². The fourth-order valence-electron chi connectivity index (χ4n) is 3.37. The molecule has 0 aliphatic rings. The van der Waals surface area contributed by atoms with E-state index in [4.69, 9.17) is 13.9 Å². The van der Waals surface area contributed by atoms with Gasteiger partial charge in [0.1, 0.15) is 28.7 Å². The fraction of sp³-hybridized carbons (Fsp3) is 0.125. The number of rotatable bonds is 7. The maximum absolute atomic E-state index is 13.3. The SMILES string of the molecule is COc1ccccc1C[C@@H](Oc1cccc2oc(-c3ccc(F)cc3)c(Br)c12)C(=O)O. The number of aliphatic carboxylic acids is 1. The number of hydrogen-bond acceptors (Lipinski definition) is 4. The molecule has 0 unspecified atom stereocenters. The lowest BCUT2D eigenvalue weighted by Gasteiger charge is -2.17. The van der Waals surface area contributed by atoms with E-state index in [1.807, 2.05) is 12.1 Å². The van der Waals surface area contributed by atoms with Crippen molar-refractivity contribution in [3.05, 3.63) is 82.6 Å². The summed E-state index contributed by atoms with van der Waals surface area (Å²) in [6.07, 6.45) is -1.02. The van der Waals surface area contributed by atoms with Gasteiger partial charge in [-0.1, -0.05) is 24.3 Å². The predicted molar refractivity (Wildman–Crippen MR) is 118 cm³/mol. The van der Waals surface area contributed by atoms with Gasteiger partial charge in [-0.2, -0.15) is 0 Å². The van der Waals surface area contributed by atoms with E-state index >= 15 is 0 Å². The van der Waals surface area contributed by atoms with Crippen molar-refractivity contribution in [1.29, 1.82) is 0 Å².